The second-order valence-corrected chi connectivity index (χ2v) is 5.66. The Hall–Kier alpha value is -1.26. The molecule has 3 rings (SSSR count). The number of hydrogen-bond donors (Lipinski definition) is 1. The predicted molar refractivity (Wildman–Crippen MR) is 79.2 cm³/mol. The highest BCUT2D eigenvalue weighted by Crippen LogP contribution is 2.33. The fourth-order valence-corrected chi connectivity index (χ4v) is 3.10. The van der Waals surface area contributed by atoms with Crippen molar-refractivity contribution >= 4 is 0 Å². The summed E-state index contributed by atoms with van der Waals surface area (Å²) in [6.45, 7) is 7.04. The molecule has 0 aromatic heterocycles. The molecule has 0 saturated carbocycles. The predicted octanol–water partition coefficient (Wildman–Crippen LogP) is 2.38. The maximum absolute atomic E-state index is 5.47. The van der Waals surface area contributed by atoms with Gasteiger partial charge in [0.15, 0.2) is 11.5 Å². The molecule has 1 aromatic rings. The number of rotatable bonds is 5. The normalized spacial score (nSPS) is 21.4. The number of hydrogen-bond acceptors (Lipinski definition) is 4. The molecule has 20 heavy (non-hydrogen) atoms. The van der Waals surface area contributed by atoms with Crippen LogP contribution in [0.5, 0.6) is 11.5 Å². The second kappa shape index (κ2) is 6.46. The SMILES string of the molecule is CCCN(Cc1ccc2c(c1)OCO2)C1CCCNC1. The Balaban J connectivity index is 1.68. The molecule has 2 aliphatic heterocycles. The molecule has 0 aliphatic carbocycles. The minimum atomic E-state index is 0.351. The molecule has 1 saturated heterocycles. The first-order chi connectivity index (χ1) is 9.86. The van der Waals surface area contributed by atoms with Crippen molar-refractivity contribution in [2.24, 2.45) is 0 Å². The maximum Gasteiger partial charge on any atom is 0.231 e. The van der Waals surface area contributed by atoms with E-state index in [2.05, 4.69) is 29.3 Å². The van der Waals surface area contributed by atoms with Gasteiger partial charge in [0.25, 0.3) is 0 Å². The van der Waals surface area contributed by atoms with Gasteiger partial charge in [-0.2, -0.15) is 0 Å². The van der Waals surface area contributed by atoms with Gasteiger partial charge < -0.3 is 14.8 Å². The fourth-order valence-electron chi connectivity index (χ4n) is 3.10. The zero-order valence-corrected chi connectivity index (χ0v) is 12.2. The third-order valence-corrected chi connectivity index (χ3v) is 4.12. The molecule has 2 heterocycles. The van der Waals surface area contributed by atoms with Crippen LogP contribution < -0.4 is 14.8 Å². The van der Waals surface area contributed by atoms with E-state index in [4.69, 9.17) is 9.47 Å². The van der Waals surface area contributed by atoms with Crippen LogP contribution in [-0.2, 0) is 6.54 Å². The average molecular weight is 276 g/mol. The van der Waals surface area contributed by atoms with E-state index in [1.165, 1.54) is 31.4 Å². The largest absolute Gasteiger partial charge is 0.454 e. The Labute approximate surface area is 121 Å². The Morgan fingerprint density at radius 2 is 2.20 bits per heavy atom. The highest BCUT2D eigenvalue weighted by Gasteiger charge is 2.21. The third kappa shape index (κ3) is 3.07. The van der Waals surface area contributed by atoms with Gasteiger partial charge >= 0.3 is 0 Å². The summed E-state index contributed by atoms with van der Waals surface area (Å²) in [7, 11) is 0. The first-order valence-electron chi connectivity index (χ1n) is 7.70. The van der Waals surface area contributed by atoms with Crippen molar-refractivity contribution in [2.75, 3.05) is 26.4 Å². The summed E-state index contributed by atoms with van der Waals surface area (Å²) < 4.78 is 10.8. The molecule has 0 radical (unpaired) electrons. The van der Waals surface area contributed by atoms with Crippen LogP contribution in [0.4, 0.5) is 0 Å². The number of ether oxygens (including phenoxy) is 2. The quantitative estimate of drug-likeness (QED) is 0.895. The first-order valence-corrected chi connectivity index (χ1v) is 7.70. The summed E-state index contributed by atoms with van der Waals surface area (Å²) in [5, 5.41) is 3.51. The van der Waals surface area contributed by atoms with E-state index in [0.717, 1.165) is 31.1 Å². The second-order valence-electron chi connectivity index (χ2n) is 5.66. The van der Waals surface area contributed by atoms with Gasteiger partial charge in [-0.05, 0) is 50.0 Å². The van der Waals surface area contributed by atoms with Gasteiger partial charge in [0.2, 0.25) is 6.79 Å². The van der Waals surface area contributed by atoms with E-state index >= 15 is 0 Å². The number of nitrogens with zero attached hydrogens (tertiary/aromatic N) is 1. The van der Waals surface area contributed by atoms with Crippen LogP contribution in [0.3, 0.4) is 0 Å². The minimum absolute atomic E-state index is 0.351. The van der Waals surface area contributed by atoms with Crippen LogP contribution in [0.15, 0.2) is 18.2 Å². The van der Waals surface area contributed by atoms with Crippen LogP contribution in [0.2, 0.25) is 0 Å². The maximum atomic E-state index is 5.47. The van der Waals surface area contributed by atoms with Crippen LogP contribution in [0, 0.1) is 0 Å². The Morgan fingerprint density at radius 1 is 1.30 bits per heavy atom. The van der Waals surface area contributed by atoms with Gasteiger partial charge in [-0.25, -0.2) is 0 Å². The molecule has 2 aliphatic rings. The van der Waals surface area contributed by atoms with Crippen molar-refractivity contribution in [1.82, 2.24) is 10.2 Å². The topological polar surface area (TPSA) is 33.7 Å². The molecule has 4 heteroatoms. The molecule has 1 fully saturated rings. The average Bonchev–Trinajstić information content (AvgIpc) is 2.95. The standard InChI is InChI=1S/C16H24N2O2/c1-2-8-18(14-4-3-7-17-10-14)11-13-5-6-15-16(9-13)20-12-19-15/h5-6,9,14,17H,2-4,7-8,10-12H2,1H3. The molecule has 0 spiro atoms. The Kier molecular flexibility index (Phi) is 4.43. The van der Waals surface area contributed by atoms with Gasteiger partial charge in [0, 0.05) is 19.1 Å². The molecule has 1 unspecified atom stereocenters. The molecule has 4 nitrogen and oxygen atoms in total. The van der Waals surface area contributed by atoms with Crippen LogP contribution in [0.25, 0.3) is 0 Å². The molecule has 1 aromatic carbocycles. The number of nitrogens with one attached hydrogen (secondary N) is 1. The molecule has 1 atom stereocenters. The van der Waals surface area contributed by atoms with Gasteiger partial charge in [0.1, 0.15) is 0 Å². The fraction of sp³-hybridized carbons (Fsp3) is 0.625. The summed E-state index contributed by atoms with van der Waals surface area (Å²) >= 11 is 0. The van der Waals surface area contributed by atoms with Crippen molar-refractivity contribution in [2.45, 2.75) is 38.8 Å². The zero-order chi connectivity index (χ0) is 13.8. The Morgan fingerprint density at radius 3 is 3.00 bits per heavy atom. The van der Waals surface area contributed by atoms with E-state index < -0.39 is 0 Å². The lowest BCUT2D eigenvalue weighted by Crippen LogP contribution is -2.45. The molecule has 110 valence electrons. The summed E-state index contributed by atoms with van der Waals surface area (Å²) in [5.41, 5.74) is 1.31. The van der Waals surface area contributed by atoms with Gasteiger partial charge in [-0.15, -0.1) is 0 Å². The molecule has 1 N–H and O–H groups in total. The molecule has 0 amide bonds. The highest BCUT2D eigenvalue weighted by molar-refractivity contribution is 5.44. The summed E-state index contributed by atoms with van der Waals surface area (Å²) in [6.07, 6.45) is 3.78. The van der Waals surface area contributed by atoms with Crippen molar-refractivity contribution < 1.29 is 9.47 Å². The highest BCUT2D eigenvalue weighted by atomic mass is 16.7. The van der Waals surface area contributed by atoms with Crippen molar-refractivity contribution in [3.8, 4) is 11.5 Å². The first kappa shape index (κ1) is 13.7. The van der Waals surface area contributed by atoms with Gasteiger partial charge in [-0.3, -0.25) is 4.90 Å². The molecule has 0 bridgehead atoms. The van der Waals surface area contributed by atoms with Crippen molar-refractivity contribution in [1.29, 1.82) is 0 Å². The number of piperidine rings is 1. The molecular formula is C16H24N2O2. The van der Waals surface area contributed by atoms with Crippen LogP contribution in [0.1, 0.15) is 31.7 Å². The summed E-state index contributed by atoms with van der Waals surface area (Å²) in [6, 6.07) is 6.98. The summed E-state index contributed by atoms with van der Waals surface area (Å²) in [5.74, 6) is 1.76. The number of fused-ring (bicyclic) bond motifs is 1. The van der Waals surface area contributed by atoms with E-state index in [1.54, 1.807) is 0 Å². The number of benzene rings is 1. The lowest BCUT2D eigenvalue weighted by molar-refractivity contribution is 0.157. The van der Waals surface area contributed by atoms with E-state index in [1.807, 2.05) is 6.07 Å². The lowest BCUT2D eigenvalue weighted by Gasteiger charge is -2.34. The lowest BCUT2D eigenvalue weighted by atomic mass is 10.0. The molecular weight excluding hydrogens is 252 g/mol. The zero-order valence-electron chi connectivity index (χ0n) is 12.2. The van der Waals surface area contributed by atoms with E-state index in [9.17, 15) is 0 Å². The van der Waals surface area contributed by atoms with E-state index in [0.29, 0.717) is 12.8 Å². The van der Waals surface area contributed by atoms with E-state index in [-0.39, 0.29) is 0 Å². The van der Waals surface area contributed by atoms with Crippen molar-refractivity contribution in [3.05, 3.63) is 23.8 Å². The van der Waals surface area contributed by atoms with Gasteiger partial charge in [-0.1, -0.05) is 13.0 Å². The minimum Gasteiger partial charge on any atom is -0.454 e. The Bertz CT molecular complexity index is 444. The summed E-state index contributed by atoms with van der Waals surface area (Å²) in [4.78, 5) is 2.60. The third-order valence-electron chi connectivity index (χ3n) is 4.12. The van der Waals surface area contributed by atoms with Crippen LogP contribution >= 0.6 is 0 Å². The smallest absolute Gasteiger partial charge is 0.231 e. The van der Waals surface area contributed by atoms with Crippen molar-refractivity contribution in [3.63, 3.8) is 0 Å². The van der Waals surface area contributed by atoms with Crippen LogP contribution in [-0.4, -0.2) is 37.4 Å². The monoisotopic (exact) mass is 276 g/mol. The van der Waals surface area contributed by atoms with Gasteiger partial charge in [0.05, 0.1) is 0 Å².